The third-order valence-electron chi connectivity index (χ3n) is 3.06. The molecule has 0 saturated carbocycles. The van der Waals surface area contributed by atoms with Gasteiger partial charge in [-0.3, -0.25) is 0 Å². The minimum Gasteiger partial charge on any atom is -0.155 e. The first-order valence-corrected chi connectivity index (χ1v) is 5.24. The lowest BCUT2D eigenvalue weighted by Gasteiger charge is -2.10. The second kappa shape index (κ2) is 3.16. The molecule has 0 aromatic heterocycles. The van der Waals surface area contributed by atoms with Crippen LogP contribution >= 0.6 is 0 Å². The van der Waals surface area contributed by atoms with E-state index in [1.54, 1.807) is 0 Å². The molecule has 15 heavy (non-hydrogen) atoms. The molecule has 0 fully saturated rings. The van der Waals surface area contributed by atoms with E-state index >= 15 is 0 Å². The van der Waals surface area contributed by atoms with E-state index in [-0.39, 0.29) is 0 Å². The van der Waals surface area contributed by atoms with Gasteiger partial charge in [-0.2, -0.15) is 10.2 Å². The summed E-state index contributed by atoms with van der Waals surface area (Å²) in [6, 6.07) is 10.5. The molecule has 0 amide bonds. The maximum absolute atomic E-state index is 4.27. The van der Waals surface area contributed by atoms with Crippen LogP contribution in [0.15, 0.2) is 52.2 Å². The highest BCUT2D eigenvalue weighted by atomic mass is 15.2. The van der Waals surface area contributed by atoms with Crippen molar-refractivity contribution in [3.63, 3.8) is 0 Å². The van der Waals surface area contributed by atoms with Gasteiger partial charge in [0.1, 0.15) is 0 Å². The van der Waals surface area contributed by atoms with Gasteiger partial charge in [0.15, 0.2) is 0 Å². The summed E-state index contributed by atoms with van der Waals surface area (Å²) in [5.74, 6) is 0.419. The van der Waals surface area contributed by atoms with E-state index in [0.717, 1.165) is 17.8 Å². The lowest BCUT2D eigenvalue weighted by atomic mass is 9.93. The van der Waals surface area contributed by atoms with Crippen LogP contribution in [0.2, 0.25) is 0 Å². The molecule has 1 aromatic carbocycles. The molecule has 2 nitrogen and oxygen atoms in total. The zero-order chi connectivity index (χ0) is 10.3. The Morgan fingerprint density at radius 1 is 1.13 bits per heavy atom. The van der Waals surface area contributed by atoms with Gasteiger partial charge in [-0.25, -0.2) is 0 Å². The highest BCUT2D eigenvalue weighted by molar-refractivity contribution is 6.29. The first kappa shape index (κ1) is 8.60. The van der Waals surface area contributed by atoms with Crippen molar-refractivity contribution in [2.45, 2.75) is 19.3 Å². The van der Waals surface area contributed by atoms with Gasteiger partial charge >= 0.3 is 0 Å². The fourth-order valence-corrected chi connectivity index (χ4v) is 2.26. The van der Waals surface area contributed by atoms with Crippen LogP contribution in [-0.2, 0) is 0 Å². The van der Waals surface area contributed by atoms with Gasteiger partial charge in [0.2, 0.25) is 0 Å². The third kappa shape index (κ3) is 1.25. The monoisotopic (exact) mass is 196 g/mol. The molecule has 1 unspecified atom stereocenters. The summed E-state index contributed by atoms with van der Waals surface area (Å²) in [4.78, 5) is 0. The van der Waals surface area contributed by atoms with E-state index in [1.807, 2.05) is 13.0 Å². The van der Waals surface area contributed by atoms with Crippen LogP contribution < -0.4 is 0 Å². The van der Waals surface area contributed by atoms with Crippen molar-refractivity contribution in [1.82, 2.24) is 0 Å². The van der Waals surface area contributed by atoms with Crippen molar-refractivity contribution in [3.05, 3.63) is 47.5 Å². The summed E-state index contributed by atoms with van der Waals surface area (Å²) < 4.78 is 0. The molecule has 0 N–H and O–H groups in total. The van der Waals surface area contributed by atoms with E-state index in [4.69, 9.17) is 0 Å². The average molecular weight is 196 g/mol. The Morgan fingerprint density at radius 3 is 2.73 bits per heavy atom. The Bertz CT molecular complexity index is 481. The SMILES string of the molecule is CC1=NN=C2C1=CCC2c1ccccc1. The average Bonchev–Trinajstić information content (AvgIpc) is 2.83. The van der Waals surface area contributed by atoms with Gasteiger partial charge in [0.05, 0.1) is 11.4 Å². The van der Waals surface area contributed by atoms with Gasteiger partial charge in [-0.1, -0.05) is 36.4 Å². The number of allylic oxidation sites excluding steroid dienone is 2. The molecular weight excluding hydrogens is 184 g/mol. The van der Waals surface area contributed by atoms with Gasteiger partial charge in [0, 0.05) is 11.5 Å². The van der Waals surface area contributed by atoms with Gasteiger partial charge in [-0.05, 0) is 18.9 Å². The second-order valence-corrected chi connectivity index (χ2v) is 3.99. The highest BCUT2D eigenvalue weighted by Gasteiger charge is 2.30. The molecule has 0 radical (unpaired) electrons. The van der Waals surface area contributed by atoms with E-state index in [0.29, 0.717) is 5.92 Å². The van der Waals surface area contributed by atoms with Crippen molar-refractivity contribution in [1.29, 1.82) is 0 Å². The Hall–Kier alpha value is -1.70. The quantitative estimate of drug-likeness (QED) is 0.659. The minimum atomic E-state index is 0.419. The lowest BCUT2D eigenvalue weighted by Crippen LogP contribution is -2.08. The predicted octanol–water partition coefficient (Wildman–Crippen LogP) is 2.93. The van der Waals surface area contributed by atoms with Crippen LogP contribution in [0, 0.1) is 0 Å². The van der Waals surface area contributed by atoms with E-state index in [1.165, 1.54) is 11.1 Å². The first-order valence-electron chi connectivity index (χ1n) is 5.24. The maximum atomic E-state index is 4.27. The van der Waals surface area contributed by atoms with E-state index < -0.39 is 0 Å². The molecule has 74 valence electrons. The van der Waals surface area contributed by atoms with Crippen LogP contribution in [0.25, 0.3) is 0 Å². The molecule has 0 bridgehead atoms. The molecule has 1 aliphatic carbocycles. The van der Waals surface area contributed by atoms with Gasteiger partial charge in [0.25, 0.3) is 0 Å². The largest absolute Gasteiger partial charge is 0.155 e. The van der Waals surface area contributed by atoms with Crippen molar-refractivity contribution in [3.8, 4) is 0 Å². The first-order chi connectivity index (χ1) is 7.36. The zero-order valence-corrected chi connectivity index (χ0v) is 8.64. The smallest absolute Gasteiger partial charge is 0.0796 e. The fraction of sp³-hybridized carbons (Fsp3) is 0.231. The number of hydrogen-bond acceptors (Lipinski definition) is 2. The molecule has 0 spiro atoms. The van der Waals surface area contributed by atoms with Crippen LogP contribution in [0.3, 0.4) is 0 Å². The summed E-state index contributed by atoms with van der Waals surface area (Å²) in [6.07, 6.45) is 3.31. The van der Waals surface area contributed by atoms with Gasteiger partial charge in [-0.15, -0.1) is 0 Å². The van der Waals surface area contributed by atoms with Crippen molar-refractivity contribution in [2.75, 3.05) is 0 Å². The molecule has 2 heteroatoms. The fourth-order valence-electron chi connectivity index (χ4n) is 2.26. The van der Waals surface area contributed by atoms with Crippen molar-refractivity contribution in [2.24, 2.45) is 10.2 Å². The number of nitrogens with zero attached hydrogens (tertiary/aromatic N) is 2. The zero-order valence-electron chi connectivity index (χ0n) is 8.64. The van der Waals surface area contributed by atoms with Crippen molar-refractivity contribution >= 4 is 11.4 Å². The Morgan fingerprint density at radius 2 is 1.93 bits per heavy atom. The van der Waals surface area contributed by atoms with Crippen LogP contribution in [0.4, 0.5) is 0 Å². The van der Waals surface area contributed by atoms with Crippen LogP contribution in [-0.4, -0.2) is 11.4 Å². The standard InChI is InChI=1S/C13H12N2/c1-9-11-7-8-12(13(11)15-14-9)10-5-3-2-4-6-10/h2-7,12H,8H2,1H3. The minimum absolute atomic E-state index is 0.419. The third-order valence-corrected chi connectivity index (χ3v) is 3.06. The molecule has 2 aliphatic rings. The van der Waals surface area contributed by atoms with Crippen LogP contribution in [0.1, 0.15) is 24.8 Å². The number of fused-ring (bicyclic) bond motifs is 1. The number of rotatable bonds is 1. The Kier molecular flexibility index (Phi) is 1.81. The van der Waals surface area contributed by atoms with Crippen molar-refractivity contribution < 1.29 is 0 Å². The molecule has 1 heterocycles. The summed E-state index contributed by atoms with van der Waals surface area (Å²) in [7, 11) is 0. The van der Waals surface area contributed by atoms with E-state index in [9.17, 15) is 0 Å². The molecule has 1 atom stereocenters. The summed E-state index contributed by atoms with van der Waals surface area (Å²) in [5.41, 5.74) is 4.80. The Balaban J connectivity index is 1.96. The predicted molar refractivity (Wildman–Crippen MR) is 62.4 cm³/mol. The lowest BCUT2D eigenvalue weighted by molar-refractivity contribution is 0.930. The Labute approximate surface area is 89.0 Å². The number of benzene rings is 1. The maximum Gasteiger partial charge on any atom is 0.0796 e. The molecule has 1 aliphatic heterocycles. The number of hydrogen-bond donors (Lipinski definition) is 0. The summed E-state index contributed by atoms with van der Waals surface area (Å²) >= 11 is 0. The normalized spacial score (nSPS) is 23.3. The highest BCUT2D eigenvalue weighted by Crippen LogP contribution is 2.34. The summed E-state index contributed by atoms with van der Waals surface area (Å²) in [5, 5.41) is 8.41. The molecule has 1 aromatic rings. The molecule has 3 rings (SSSR count). The summed E-state index contributed by atoms with van der Waals surface area (Å²) in [6.45, 7) is 2.02. The van der Waals surface area contributed by atoms with E-state index in [2.05, 4.69) is 40.5 Å². The topological polar surface area (TPSA) is 24.7 Å². The van der Waals surface area contributed by atoms with Crippen LogP contribution in [0.5, 0.6) is 0 Å². The molecular formula is C13H12N2. The van der Waals surface area contributed by atoms with Gasteiger partial charge < -0.3 is 0 Å². The molecule has 0 saturated heterocycles. The second-order valence-electron chi connectivity index (χ2n) is 3.99.